The van der Waals surface area contributed by atoms with Crippen LogP contribution in [0.1, 0.15) is 33.6 Å². The Hall–Kier alpha value is -0.160. The third-order valence-corrected chi connectivity index (χ3v) is 5.51. The van der Waals surface area contributed by atoms with Crippen molar-refractivity contribution in [2.24, 2.45) is 5.92 Å². The Morgan fingerprint density at radius 2 is 1.18 bits per heavy atom. The van der Waals surface area contributed by atoms with E-state index in [1.165, 1.54) is 78.3 Å². The lowest BCUT2D eigenvalue weighted by atomic mass is 10.1. The van der Waals surface area contributed by atoms with E-state index in [1.54, 1.807) is 0 Å². The lowest BCUT2D eigenvalue weighted by molar-refractivity contribution is 0.0843. The van der Waals surface area contributed by atoms with Crippen LogP contribution in [0.15, 0.2) is 0 Å². The zero-order valence-corrected chi connectivity index (χ0v) is 15.4. The summed E-state index contributed by atoms with van der Waals surface area (Å²) in [6, 6.07) is 0.743. The SMILES string of the molecule is CC(C)CCN1CCN(C(C)CCN2CCN(C)CC2)CC1. The molecule has 0 spiro atoms. The zero-order valence-electron chi connectivity index (χ0n) is 15.4. The van der Waals surface area contributed by atoms with Crippen molar-refractivity contribution in [3.05, 3.63) is 0 Å². The van der Waals surface area contributed by atoms with E-state index < -0.39 is 0 Å². The van der Waals surface area contributed by atoms with Crippen LogP contribution in [0, 0.1) is 5.92 Å². The highest BCUT2D eigenvalue weighted by atomic mass is 15.3. The first kappa shape index (κ1) is 18.2. The first-order valence-corrected chi connectivity index (χ1v) is 9.42. The number of hydrogen-bond donors (Lipinski definition) is 0. The van der Waals surface area contributed by atoms with Gasteiger partial charge in [-0.05, 0) is 45.8 Å². The molecular weight excluding hydrogens is 272 g/mol. The maximum atomic E-state index is 2.71. The zero-order chi connectivity index (χ0) is 15.9. The van der Waals surface area contributed by atoms with Crippen molar-refractivity contribution < 1.29 is 0 Å². The molecule has 2 heterocycles. The monoisotopic (exact) mass is 310 g/mol. The lowest BCUT2D eigenvalue weighted by Gasteiger charge is -2.39. The fourth-order valence-corrected chi connectivity index (χ4v) is 3.49. The third-order valence-electron chi connectivity index (χ3n) is 5.51. The second kappa shape index (κ2) is 9.21. The molecular formula is C18H38N4. The number of nitrogens with zero attached hydrogens (tertiary/aromatic N) is 4. The Morgan fingerprint density at radius 1 is 0.682 bits per heavy atom. The molecule has 0 aromatic carbocycles. The number of rotatable bonds is 7. The van der Waals surface area contributed by atoms with Crippen LogP contribution in [0.2, 0.25) is 0 Å². The van der Waals surface area contributed by atoms with E-state index in [4.69, 9.17) is 0 Å². The van der Waals surface area contributed by atoms with Gasteiger partial charge in [-0.15, -0.1) is 0 Å². The molecule has 0 bridgehead atoms. The van der Waals surface area contributed by atoms with Crippen molar-refractivity contribution in [1.82, 2.24) is 19.6 Å². The Balaban J connectivity index is 1.59. The molecule has 0 aliphatic carbocycles. The van der Waals surface area contributed by atoms with Gasteiger partial charge in [0.2, 0.25) is 0 Å². The predicted molar refractivity (Wildman–Crippen MR) is 95.5 cm³/mol. The third kappa shape index (κ3) is 6.15. The standard InChI is InChI=1S/C18H38N4/c1-17(2)5-7-20-13-15-22(16-14-20)18(3)6-8-21-11-9-19(4)10-12-21/h17-18H,5-16H2,1-4H3. The fraction of sp³-hybridized carbons (Fsp3) is 1.00. The molecule has 2 fully saturated rings. The van der Waals surface area contributed by atoms with Gasteiger partial charge < -0.3 is 14.7 Å². The molecule has 0 radical (unpaired) electrons. The van der Waals surface area contributed by atoms with Crippen LogP contribution < -0.4 is 0 Å². The molecule has 4 nitrogen and oxygen atoms in total. The van der Waals surface area contributed by atoms with Crippen LogP contribution in [-0.4, -0.2) is 98.1 Å². The normalized spacial score (nSPS) is 25.0. The molecule has 0 aromatic heterocycles. The van der Waals surface area contributed by atoms with E-state index in [0.29, 0.717) is 0 Å². The molecule has 1 atom stereocenters. The summed E-state index contributed by atoms with van der Waals surface area (Å²) in [6.07, 6.45) is 2.68. The molecule has 2 rings (SSSR count). The molecule has 2 aliphatic heterocycles. The molecule has 22 heavy (non-hydrogen) atoms. The van der Waals surface area contributed by atoms with Crippen LogP contribution >= 0.6 is 0 Å². The summed E-state index contributed by atoms with van der Waals surface area (Å²) in [5, 5.41) is 0. The minimum absolute atomic E-state index is 0.743. The van der Waals surface area contributed by atoms with E-state index in [9.17, 15) is 0 Å². The quantitative estimate of drug-likeness (QED) is 0.709. The smallest absolute Gasteiger partial charge is 0.0113 e. The van der Waals surface area contributed by atoms with Crippen molar-refractivity contribution in [3.63, 3.8) is 0 Å². The van der Waals surface area contributed by atoms with E-state index in [1.807, 2.05) is 0 Å². The van der Waals surface area contributed by atoms with Gasteiger partial charge in [0, 0.05) is 58.4 Å². The summed E-state index contributed by atoms with van der Waals surface area (Å²) in [7, 11) is 2.23. The summed E-state index contributed by atoms with van der Waals surface area (Å²) in [5.41, 5.74) is 0. The van der Waals surface area contributed by atoms with Crippen LogP contribution in [-0.2, 0) is 0 Å². The van der Waals surface area contributed by atoms with Crippen molar-refractivity contribution in [1.29, 1.82) is 0 Å². The average molecular weight is 311 g/mol. The Bertz CT molecular complexity index is 291. The Labute approximate surface area is 138 Å². The van der Waals surface area contributed by atoms with Gasteiger partial charge >= 0.3 is 0 Å². The Kier molecular flexibility index (Phi) is 7.61. The highest BCUT2D eigenvalue weighted by Gasteiger charge is 2.22. The molecule has 2 aliphatic rings. The van der Waals surface area contributed by atoms with Gasteiger partial charge in [-0.25, -0.2) is 0 Å². The molecule has 0 N–H and O–H groups in total. The summed E-state index contributed by atoms with van der Waals surface area (Å²) >= 11 is 0. The molecule has 0 saturated carbocycles. The molecule has 2 saturated heterocycles. The largest absolute Gasteiger partial charge is 0.304 e. The van der Waals surface area contributed by atoms with Crippen LogP contribution in [0.5, 0.6) is 0 Å². The van der Waals surface area contributed by atoms with Gasteiger partial charge in [0.05, 0.1) is 0 Å². The maximum absolute atomic E-state index is 2.71. The maximum Gasteiger partial charge on any atom is 0.0113 e. The molecule has 130 valence electrons. The van der Waals surface area contributed by atoms with Gasteiger partial charge in [0.1, 0.15) is 0 Å². The van der Waals surface area contributed by atoms with Crippen molar-refractivity contribution >= 4 is 0 Å². The van der Waals surface area contributed by atoms with E-state index in [-0.39, 0.29) is 0 Å². The topological polar surface area (TPSA) is 13.0 Å². The van der Waals surface area contributed by atoms with Gasteiger partial charge in [-0.3, -0.25) is 4.90 Å². The summed E-state index contributed by atoms with van der Waals surface area (Å²) in [5.74, 6) is 0.834. The van der Waals surface area contributed by atoms with Crippen molar-refractivity contribution in [3.8, 4) is 0 Å². The second-order valence-corrected chi connectivity index (χ2v) is 7.84. The highest BCUT2D eigenvalue weighted by molar-refractivity contribution is 4.78. The minimum Gasteiger partial charge on any atom is -0.304 e. The van der Waals surface area contributed by atoms with Gasteiger partial charge in [0.25, 0.3) is 0 Å². The molecule has 1 unspecified atom stereocenters. The number of likely N-dealkylation sites (N-methyl/N-ethyl adjacent to an activating group) is 1. The van der Waals surface area contributed by atoms with E-state index in [0.717, 1.165) is 12.0 Å². The van der Waals surface area contributed by atoms with Crippen LogP contribution in [0.25, 0.3) is 0 Å². The van der Waals surface area contributed by atoms with Crippen LogP contribution in [0.4, 0.5) is 0 Å². The molecule has 0 amide bonds. The highest BCUT2D eigenvalue weighted by Crippen LogP contribution is 2.12. The fourth-order valence-electron chi connectivity index (χ4n) is 3.49. The van der Waals surface area contributed by atoms with E-state index >= 15 is 0 Å². The molecule has 4 heteroatoms. The van der Waals surface area contributed by atoms with Crippen molar-refractivity contribution in [2.75, 3.05) is 72.5 Å². The van der Waals surface area contributed by atoms with Gasteiger partial charge in [-0.1, -0.05) is 13.8 Å². The number of piperazine rings is 2. The lowest BCUT2D eigenvalue weighted by Crippen LogP contribution is -2.51. The van der Waals surface area contributed by atoms with Crippen LogP contribution in [0.3, 0.4) is 0 Å². The summed E-state index contributed by atoms with van der Waals surface area (Å²) in [4.78, 5) is 10.5. The minimum atomic E-state index is 0.743. The second-order valence-electron chi connectivity index (χ2n) is 7.84. The average Bonchev–Trinajstić information content (AvgIpc) is 2.52. The number of hydrogen-bond acceptors (Lipinski definition) is 4. The predicted octanol–water partition coefficient (Wildman–Crippen LogP) is 1.68. The first-order chi connectivity index (χ1) is 10.5. The van der Waals surface area contributed by atoms with Gasteiger partial charge in [0.15, 0.2) is 0 Å². The van der Waals surface area contributed by atoms with Crippen molar-refractivity contribution in [2.45, 2.75) is 39.7 Å². The first-order valence-electron chi connectivity index (χ1n) is 9.42. The van der Waals surface area contributed by atoms with Gasteiger partial charge in [-0.2, -0.15) is 0 Å². The Morgan fingerprint density at radius 3 is 1.73 bits per heavy atom. The molecule has 0 aromatic rings. The summed E-state index contributed by atoms with van der Waals surface area (Å²) in [6.45, 7) is 19.7. The summed E-state index contributed by atoms with van der Waals surface area (Å²) < 4.78 is 0. The van der Waals surface area contributed by atoms with E-state index in [2.05, 4.69) is 47.4 Å².